The summed E-state index contributed by atoms with van der Waals surface area (Å²) in [6.07, 6.45) is 2.13. The van der Waals surface area contributed by atoms with E-state index in [0.29, 0.717) is 0 Å². The van der Waals surface area contributed by atoms with Crippen molar-refractivity contribution in [2.24, 2.45) is 5.84 Å². The topological polar surface area (TPSA) is 38.0 Å². The Morgan fingerprint density at radius 2 is 1.82 bits per heavy atom. The number of benzene rings is 2. The van der Waals surface area contributed by atoms with E-state index in [-0.39, 0.29) is 6.04 Å². The third kappa shape index (κ3) is 2.73. The first-order valence-corrected chi connectivity index (χ1v) is 5.80. The van der Waals surface area contributed by atoms with Gasteiger partial charge in [-0.1, -0.05) is 48.0 Å². The summed E-state index contributed by atoms with van der Waals surface area (Å²) < 4.78 is 0. The third-order valence-electron chi connectivity index (χ3n) is 2.81. The fraction of sp³-hybridized carbons (Fsp3) is 0.200. The molecule has 0 aliphatic rings. The van der Waals surface area contributed by atoms with Crippen LogP contribution in [0.4, 0.5) is 0 Å². The molecular weight excluding hydrogens is 208 g/mol. The molecule has 88 valence electrons. The second-order valence-corrected chi connectivity index (χ2v) is 4.49. The molecule has 0 bridgehead atoms. The van der Waals surface area contributed by atoms with E-state index in [1.165, 1.54) is 21.9 Å². The molecule has 0 radical (unpaired) electrons. The number of hydrogen-bond donors (Lipinski definition) is 2. The molecule has 0 aromatic heterocycles. The summed E-state index contributed by atoms with van der Waals surface area (Å²) in [7, 11) is 0. The van der Waals surface area contributed by atoms with Crippen LogP contribution >= 0.6 is 0 Å². The Balaban J connectivity index is 2.44. The van der Waals surface area contributed by atoms with Crippen molar-refractivity contribution in [3.8, 4) is 0 Å². The molecule has 17 heavy (non-hydrogen) atoms. The van der Waals surface area contributed by atoms with Crippen molar-refractivity contribution in [2.45, 2.75) is 19.9 Å². The minimum absolute atomic E-state index is 0.0737. The van der Waals surface area contributed by atoms with E-state index in [1.54, 1.807) is 0 Å². The SMILES string of the molecule is CC(C)=CC(NN)c1ccc2ccccc2c1. The second-order valence-electron chi connectivity index (χ2n) is 4.49. The molecule has 2 aromatic carbocycles. The maximum atomic E-state index is 5.60. The Morgan fingerprint density at radius 3 is 2.47 bits per heavy atom. The van der Waals surface area contributed by atoms with E-state index in [1.807, 2.05) is 0 Å². The zero-order chi connectivity index (χ0) is 12.3. The van der Waals surface area contributed by atoms with Gasteiger partial charge < -0.3 is 0 Å². The number of allylic oxidation sites excluding steroid dienone is 1. The van der Waals surface area contributed by atoms with Crippen molar-refractivity contribution in [3.63, 3.8) is 0 Å². The summed E-state index contributed by atoms with van der Waals surface area (Å²) >= 11 is 0. The first kappa shape index (κ1) is 11.8. The Morgan fingerprint density at radius 1 is 1.12 bits per heavy atom. The van der Waals surface area contributed by atoms with Crippen LogP contribution in [0.5, 0.6) is 0 Å². The van der Waals surface area contributed by atoms with Crippen molar-refractivity contribution < 1.29 is 0 Å². The molecule has 2 heteroatoms. The Kier molecular flexibility index (Phi) is 3.57. The summed E-state index contributed by atoms with van der Waals surface area (Å²) in [6.45, 7) is 4.15. The molecule has 1 atom stereocenters. The Bertz CT molecular complexity index is 539. The van der Waals surface area contributed by atoms with Gasteiger partial charge in [0.25, 0.3) is 0 Å². The minimum Gasteiger partial charge on any atom is -0.271 e. The normalized spacial score (nSPS) is 12.4. The van der Waals surface area contributed by atoms with Gasteiger partial charge in [0, 0.05) is 0 Å². The van der Waals surface area contributed by atoms with Crippen LogP contribution in [-0.2, 0) is 0 Å². The molecule has 0 saturated carbocycles. The van der Waals surface area contributed by atoms with E-state index in [4.69, 9.17) is 5.84 Å². The zero-order valence-electron chi connectivity index (χ0n) is 10.3. The van der Waals surface area contributed by atoms with Gasteiger partial charge in [-0.05, 0) is 36.2 Å². The lowest BCUT2D eigenvalue weighted by Gasteiger charge is -2.13. The van der Waals surface area contributed by atoms with Crippen LogP contribution in [-0.4, -0.2) is 0 Å². The second kappa shape index (κ2) is 5.13. The van der Waals surface area contributed by atoms with Crippen LogP contribution in [0.3, 0.4) is 0 Å². The van der Waals surface area contributed by atoms with Gasteiger partial charge in [-0.3, -0.25) is 5.84 Å². The standard InChI is InChI=1S/C15H18N2/c1-11(2)9-15(17-16)14-8-7-12-5-3-4-6-13(12)10-14/h3-10,15,17H,16H2,1-2H3. The number of fused-ring (bicyclic) bond motifs is 1. The summed E-state index contributed by atoms with van der Waals surface area (Å²) in [5, 5.41) is 2.50. The summed E-state index contributed by atoms with van der Waals surface area (Å²) in [6, 6.07) is 14.8. The fourth-order valence-electron chi connectivity index (χ4n) is 1.98. The van der Waals surface area contributed by atoms with E-state index in [9.17, 15) is 0 Å². The van der Waals surface area contributed by atoms with Gasteiger partial charge in [-0.15, -0.1) is 0 Å². The summed E-state index contributed by atoms with van der Waals surface area (Å²) in [5.74, 6) is 5.60. The van der Waals surface area contributed by atoms with Crippen LogP contribution in [0.15, 0.2) is 54.1 Å². The summed E-state index contributed by atoms with van der Waals surface area (Å²) in [4.78, 5) is 0. The first-order chi connectivity index (χ1) is 8.20. The molecule has 2 rings (SSSR count). The molecule has 0 aliphatic carbocycles. The summed E-state index contributed by atoms with van der Waals surface area (Å²) in [5.41, 5.74) is 5.28. The van der Waals surface area contributed by atoms with Crippen LogP contribution in [0.25, 0.3) is 10.8 Å². The van der Waals surface area contributed by atoms with Crippen molar-refractivity contribution in [2.75, 3.05) is 0 Å². The molecule has 0 heterocycles. The van der Waals surface area contributed by atoms with Crippen LogP contribution in [0.2, 0.25) is 0 Å². The fourth-order valence-corrected chi connectivity index (χ4v) is 1.98. The van der Waals surface area contributed by atoms with Crippen LogP contribution < -0.4 is 11.3 Å². The average Bonchev–Trinajstić information content (AvgIpc) is 2.35. The first-order valence-electron chi connectivity index (χ1n) is 5.80. The maximum Gasteiger partial charge on any atom is 0.0643 e. The molecular formula is C15H18N2. The smallest absolute Gasteiger partial charge is 0.0643 e. The van der Waals surface area contributed by atoms with E-state index >= 15 is 0 Å². The zero-order valence-corrected chi connectivity index (χ0v) is 10.3. The van der Waals surface area contributed by atoms with E-state index in [2.05, 4.69) is 67.8 Å². The number of hydrazine groups is 1. The predicted octanol–water partition coefficient (Wildman–Crippen LogP) is 3.31. The number of nitrogens with two attached hydrogens (primary N) is 1. The molecule has 3 N–H and O–H groups in total. The third-order valence-corrected chi connectivity index (χ3v) is 2.81. The minimum atomic E-state index is 0.0737. The lowest BCUT2D eigenvalue weighted by Crippen LogP contribution is -2.26. The molecule has 2 aromatic rings. The van der Waals surface area contributed by atoms with Crippen molar-refractivity contribution in [1.29, 1.82) is 0 Å². The van der Waals surface area contributed by atoms with Crippen molar-refractivity contribution in [3.05, 3.63) is 59.7 Å². The molecule has 1 unspecified atom stereocenters. The highest BCUT2D eigenvalue weighted by atomic mass is 15.2. The molecule has 2 nitrogen and oxygen atoms in total. The maximum absolute atomic E-state index is 5.60. The van der Waals surface area contributed by atoms with Crippen molar-refractivity contribution in [1.82, 2.24) is 5.43 Å². The quantitative estimate of drug-likeness (QED) is 0.478. The average molecular weight is 226 g/mol. The monoisotopic (exact) mass is 226 g/mol. The van der Waals surface area contributed by atoms with Gasteiger partial charge >= 0.3 is 0 Å². The van der Waals surface area contributed by atoms with Gasteiger partial charge in [-0.2, -0.15) is 0 Å². The Labute approximate surface area is 102 Å². The number of hydrogen-bond acceptors (Lipinski definition) is 2. The van der Waals surface area contributed by atoms with Crippen LogP contribution in [0, 0.1) is 0 Å². The molecule has 0 spiro atoms. The van der Waals surface area contributed by atoms with Gasteiger partial charge in [0.15, 0.2) is 0 Å². The lowest BCUT2D eigenvalue weighted by molar-refractivity contribution is 0.652. The highest BCUT2D eigenvalue weighted by molar-refractivity contribution is 5.83. The van der Waals surface area contributed by atoms with Gasteiger partial charge in [-0.25, -0.2) is 5.43 Å². The highest BCUT2D eigenvalue weighted by Gasteiger charge is 2.06. The molecule has 0 fully saturated rings. The molecule has 0 aliphatic heterocycles. The van der Waals surface area contributed by atoms with Gasteiger partial charge in [0.1, 0.15) is 0 Å². The number of nitrogens with one attached hydrogen (secondary N) is 1. The van der Waals surface area contributed by atoms with Gasteiger partial charge in [0.05, 0.1) is 6.04 Å². The lowest BCUT2D eigenvalue weighted by atomic mass is 10.0. The van der Waals surface area contributed by atoms with Crippen molar-refractivity contribution >= 4 is 10.8 Å². The van der Waals surface area contributed by atoms with E-state index < -0.39 is 0 Å². The van der Waals surface area contributed by atoms with Crippen LogP contribution in [0.1, 0.15) is 25.5 Å². The Hall–Kier alpha value is -1.64. The molecule has 0 saturated heterocycles. The largest absolute Gasteiger partial charge is 0.271 e. The van der Waals surface area contributed by atoms with Gasteiger partial charge in [0.2, 0.25) is 0 Å². The van der Waals surface area contributed by atoms with E-state index in [0.717, 1.165) is 0 Å². The molecule has 0 amide bonds. The number of rotatable bonds is 3. The highest BCUT2D eigenvalue weighted by Crippen LogP contribution is 2.21. The predicted molar refractivity (Wildman–Crippen MR) is 73.4 cm³/mol.